The van der Waals surface area contributed by atoms with Gasteiger partial charge < -0.3 is 4.90 Å². The molecule has 0 aliphatic rings. The summed E-state index contributed by atoms with van der Waals surface area (Å²) in [6, 6.07) is 7.50. The Labute approximate surface area is 173 Å². The van der Waals surface area contributed by atoms with E-state index in [0.717, 1.165) is 46.6 Å². The lowest BCUT2D eigenvalue weighted by molar-refractivity contribution is -0.894. The molecule has 2 aromatic carbocycles. The number of likely N-dealkylation sites (N-methyl/N-ethyl adjacent to an activating group) is 1. The lowest BCUT2D eigenvalue weighted by atomic mass is 10.1. The standard InChI is InChI=1S/C22H25F2N3OS/c1-5-26(6-2)10-11-27(21(28)19-16(23)8-7-9-17(19)24)22-25-18-13-14(3)12-15(4)20(18)29-22/h7-9,12-13H,5-6,10-11H2,1-4H3/p+1. The number of fused-ring (bicyclic) bond motifs is 1. The summed E-state index contributed by atoms with van der Waals surface area (Å²) >= 11 is 1.38. The van der Waals surface area contributed by atoms with Crippen molar-refractivity contribution >= 4 is 32.6 Å². The average Bonchev–Trinajstić information content (AvgIpc) is 3.09. The zero-order valence-corrected chi connectivity index (χ0v) is 18.0. The van der Waals surface area contributed by atoms with Crippen LogP contribution in [0.15, 0.2) is 30.3 Å². The van der Waals surface area contributed by atoms with Gasteiger partial charge in [-0.2, -0.15) is 0 Å². The van der Waals surface area contributed by atoms with Crippen LogP contribution >= 0.6 is 11.3 Å². The Morgan fingerprint density at radius 3 is 2.41 bits per heavy atom. The van der Waals surface area contributed by atoms with Crippen molar-refractivity contribution in [3.8, 4) is 0 Å². The van der Waals surface area contributed by atoms with Crippen LogP contribution in [0.1, 0.15) is 35.3 Å². The van der Waals surface area contributed by atoms with Crippen LogP contribution in [-0.4, -0.2) is 37.1 Å². The van der Waals surface area contributed by atoms with Gasteiger partial charge in [-0.15, -0.1) is 0 Å². The van der Waals surface area contributed by atoms with E-state index in [2.05, 4.69) is 24.9 Å². The van der Waals surface area contributed by atoms with Gasteiger partial charge in [0.05, 0.1) is 36.4 Å². The highest BCUT2D eigenvalue weighted by Crippen LogP contribution is 2.33. The normalized spacial score (nSPS) is 11.4. The molecule has 1 heterocycles. The molecular formula is C22H26F2N3OS+. The van der Waals surface area contributed by atoms with Gasteiger partial charge in [-0.05, 0) is 57.0 Å². The van der Waals surface area contributed by atoms with Gasteiger partial charge in [-0.3, -0.25) is 9.69 Å². The van der Waals surface area contributed by atoms with Crippen molar-refractivity contribution in [1.82, 2.24) is 4.98 Å². The van der Waals surface area contributed by atoms with E-state index in [1.165, 1.54) is 27.2 Å². The molecule has 3 aromatic rings. The van der Waals surface area contributed by atoms with Crippen LogP contribution in [-0.2, 0) is 0 Å². The van der Waals surface area contributed by atoms with Crippen LogP contribution in [0.4, 0.5) is 13.9 Å². The van der Waals surface area contributed by atoms with Crippen molar-refractivity contribution in [1.29, 1.82) is 0 Å². The first-order valence-electron chi connectivity index (χ1n) is 9.82. The Balaban J connectivity index is 2.05. The lowest BCUT2D eigenvalue weighted by Crippen LogP contribution is -3.12. The molecule has 0 atom stereocenters. The van der Waals surface area contributed by atoms with Crippen LogP contribution in [0, 0.1) is 25.5 Å². The molecule has 3 rings (SSSR count). The highest BCUT2D eigenvalue weighted by atomic mass is 32.1. The Kier molecular flexibility index (Phi) is 6.59. The van der Waals surface area contributed by atoms with Gasteiger partial charge in [-0.1, -0.05) is 23.5 Å². The maximum Gasteiger partial charge on any atom is 0.266 e. The minimum absolute atomic E-state index is 0.335. The molecule has 0 aliphatic heterocycles. The number of hydrogen-bond donors (Lipinski definition) is 1. The van der Waals surface area contributed by atoms with Gasteiger partial charge in [0.25, 0.3) is 5.91 Å². The number of nitrogens with zero attached hydrogens (tertiary/aromatic N) is 2. The number of aromatic nitrogens is 1. The number of nitrogens with one attached hydrogen (secondary N) is 1. The molecule has 154 valence electrons. The number of thiazole rings is 1. The van der Waals surface area contributed by atoms with Crippen molar-refractivity contribution in [2.45, 2.75) is 27.7 Å². The predicted molar refractivity (Wildman–Crippen MR) is 114 cm³/mol. The van der Waals surface area contributed by atoms with Crippen molar-refractivity contribution in [3.05, 3.63) is 58.7 Å². The summed E-state index contributed by atoms with van der Waals surface area (Å²) in [7, 11) is 0. The zero-order valence-electron chi connectivity index (χ0n) is 17.2. The first-order chi connectivity index (χ1) is 13.8. The molecule has 4 nitrogen and oxygen atoms in total. The predicted octanol–water partition coefficient (Wildman–Crippen LogP) is 3.76. The van der Waals surface area contributed by atoms with E-state index in [-0.39, 0.29) is 0 Å². The van der Waals surface area contributed by atoms with Crippen LogP contribution in [0.5, 0.6) is 0 Å². The van der Waals surface area contributed by atoms with Gasteiger partial charge in [0, 0.05) is 0 Å². The number of anilines is 1. The maximum absolute atomic E-state index is 14.3. The van der Waals surface area contributed by atoms with E-state index < -0.39 is 23.1 Å². The second-order valence-electron chi connectivity index (χ2n) is 7.19. The lowest BCUT2D eigenvalue weighted by Gasteiger charge is -2.23. The van der Waals surface area contributed by atoms with Crippen LogP contribution < -0.4 is 9.80 Å². The van der Waals surface area contributed by atoms with Crippen molar-refractivity contribution < 1.29 is 18.5 Å². The molecule has 1 N–H and O–H groups in total. The molecule has 0 aliphatic carbocycles. The number of halogens is 2. The molecule has 1 amide bonds. The van der Waals surface area contributed by atoms with E-state index >= 15 is 0 Å². The minimum Gasteiger partial charge on any atom is -0.334 e. The maximum atomic E-state index is 14.3. The third kappa shape index (κ3) is 4.46. The van der Waals surface area contributed by atoms with Gasteiger partial charge in [0.1, 0.15) is 17.2 Å². The molecule has 0 radical (unpaired) electrons. The summed E-state index contributed by atoms with van der Waals surface area (Å²) in [5.74, 6) is -2.41. The number of amides is 1. The second kappa shape index (κ2) is 8.97. The Morgan fingerprint density at radius 1 is 1.14 bits per heavy atom. The molecule has 0 spiro atoms. The van der Waals surface area contributed by atoms with Gasteiger partial charge in [0.15, 0.2) is 5.13 Å². The fourth-order valence-corrected chi connectivity index (χ4v) is 4.51. The van der Waals surface area contributed by atoms with Gasteiger partial charge in [-0.25, -0.2) is 13.8 Å². The first-order valence-corrected chi connectivity index (χ1v) is 10.6. The van der Waals surface area contributed by atoms with Gasteiger partial charge >= 0.3 is 0 Å². The summed E-state index contributed by atoms with van der Waals surface area (Å²) in [6.45, 7) is 11.0. The summed E-state index contributed by atoms with van der Waals surface area (Å²) in [5, 5.41) is 0.466. The van der Waals surface area contributed by atoms with Crippen LogP contribution in [0.2, 0.25) is 0 Å². The largest absolute Gasteiger partial charge is 0.334 e. The quantitative estimate of drug-likeness (QED) is 0.634. The SMILES string of the molecule is CC[NH+](CC)CCN(C(=O)c1c(F)cccc1F)c1nc2cc(C)cc(C)c2s1. The number of carbonyl (C=O) groups excluding carboxylic acids is 1. The van der Waals surface area contributed by atoms with Gasteiger partial charge in [0.2, 0.25) is 0 Å². The molecule has 0 unspecified atom stereocenters. The van der Waals surface area contributed by atoms with E-state index in [4.69, 9.17) is 0 Å². The molecule has 29 heavy (non-hydrogen) atoms. The third-order valence-corrected chi connectivity index (χ3v) is 6.38. The van der Waals surface area contributed by atoms with Crippen LogP contribution in [0.3, 0.4) is 0 Å². The number of quaternary nitrogens is 1. The third-order valence-electron chi connectivity index (χ3n) is 5.15. The smallest absolute Gasteiger partial charge is 0.266 e. The average molecular weight is 419 g/mol. The molecule has 7 heteroatoms. The van der Waals surface area contributed by atoms with Crippen molar-refractivity contribution in [3.63, 3.8) is 0 Å². The summed E-state index contributed by atoms with van der Waals surface area (Å²) in [6.07, 6.45) is 0. The second-order valence-corrected chi connectivity index (χ2v) is 8.16. The first kappa shape index (κ1) is 21.3. The monoisotopic (exact) mass is 418 g/mol. The highest BCUT2D eigenvalue weighted by molar-refractivity contribution is 7.22. The van der Waals surface area contributed by atoms with Crippen molar-refractivity contribution in [2.75, 3.05) is 31.1 Å². The molecule has 1 aromatic heterocycles. The van der Waals surface area contributed by atoms with Crippen molar-refractivity contribution in [2.24, 2.45) is 0 Å². The number of rotatable bonds is 7. The molecule has 0 fully saturated rings. The van der Waals surface area contributed by atoms with Crippen LogP contribution in [0.25, 0.3) is 10.2 Å². The van der Waals surface area contributed by atoms with E-state index in [1.54, 1.807) is 0 Å². The molecule has 0 saturated carbocycles. The molecular weight excluding hydrogens is 392 g/mol. The number of carbonyl (C=O) groups is 1. The molecule has 0 saturated heterocycles. The fraction of sp³-hybridized carbons (Fsp3) is 0.364. The van der Waals surface area contributed by atoms with E-state index in [9.17, 15) is 13.6 Å². The summed E-state index contributed by atoms with van der Waals surface area (Å²) in [4.78, 5) is 20.6. The Bertz CT molecular complexity index is 1010. The number of hydrogen-bond acceptors (Lipinski definition) is 3. The molecule has 0 bridgehead atoms. The number of aryl methyl sites for hydroxylation is 2. The van der Waals surface area contributed by atoms with E-state index in [0.29, 0.717) is 18.2 Å². The minimum atomic E-state index is -0.858. The zero-order chi connectivity index (χ0) is 21.1. The fourth-order valence-electron chi connectivity index (χ4n) is 3.47. The highest BCUT2D eigenvalue weighted by Gasteiger charge is 2.27. The topological polar surface area (TPSA) is 37.6 Å². The summed E-state index contributed by atoms with van der Waals surface area (Å²) < 4.78 is 29.6. The van der Waals surface area contributed by atoms with E-state index in [1.807, 2.05) is 19.9 Å². The number of benzene rings is 2. The summed E-state index contributed by atoms with van der Waals surface area (Å²) in [5.41, 5.74) is 2.42. The Morgan fingerprint density at radius 2 is 1.79 bits per heavy atom. The Hall–Kier alpha value is -2.38.